The van der Waals surface area contributed by atoms with E-state index in [1.165, 1.54) is 18.2 Å². The van der Waals surface area contributed by atoms with E-state index in [1.54, 1.807) is 13.0 Å². The summed E-state index contributed by atoms with van der Waals surface area (Å²) in [5, 5.41) is 2.58. The molecule has 10 heteroatoms. The first-order chi connectivity index (χ1) is 21.4. The Labute approximate surface area is 285 Å². The molecule has 1 aromatic carbocycles. The largest absolute Gasteiger partial charge is 0.375 e. The van der Waals surface area contributed by atoms with Crippen LogP contribution in [0.4, 0.5) is 5.69 Å². The van der Waals surface area contributed by atoms with Crippen LogP contribution in [0.1, 0.15) is 140 Å². The van der Waals surface area contributed by atoms with Crippen LogP contribution >= 0.6 is 0 Å². The van der Waals surface area contributed by atoms with Gasteiger partial charge in [-0.15, -0.1) is 0 Å². The lowest BCUT2D eigenvalue weighted by molar-refractivity contribution is -0.166. The number of amides is 1. The van der Waals surface area contributed by atoms with Crippen molar-refractivity contribution < 1.29 is 36.8 Å². The maximum atomic E-state index is 13.3. The second kappa shape index (κ2) is 18.0. The molecule has 0 aliphatic heterocycles. The Morgan fingerprint density at radius 3 is 1.87 bits per heavy atom. The van der Waals surface area contributed by atoms with Crippen molar-refractivity contribution in [3.8, 4) is 0 Å². The van der Waals surface area contributed by atoms with E-state index < -0.39 is 38.3 Å². The first-order valence-corrected chi connectivity index (χ1v) is 18.6. The van der Waals surface area contributed by atoms with Gasteiger partial charge in [0.25, 0.3) is 10.1 Å². The lowest BCUT2D eigenvalue weighted by Gasteiger charge is -2.42. The van der Waals surface area contributed by atoms with Crippen LogP contribution in [-0.2, 0) is 34.0 Å². The minimum Gasteiger partial charge on any atom is -0.375 e. The van der Waals surface area contributed by atoms with Gasteiger partial charge < -0.3 is 14.8 Å². The minimum absolute atomic E-state index is 0.00271. The van der Waals surface area contributed by atoms with E-state index >= 15 is 0 Å². The predicted molar refractivity (Wildman–Crippen MR) is 188 cm³/mol. The van der Waals surface area contributed by atoms with E-state index in [9.17, 15) is 27.4 Å². The van der Waals surface area contributed by atoms with Gasteiger partial charge in [-0.05, 0) is 79.4 Å². The van der Waals surface area contributed by atoms with Gasteiger partial charge in [0.05, 0.1) is 22.3 Å². The van der Waals surface area contributed by atoms with E-state index in [2.05, 4.69) is 5.32 Å². The van der Waals surface area contributed by atoms with Crippen molar-refractivity contribution in [2.75, 3.05) is 11.9 Å². The Bertz CT molecular complexity index is 1270. The Balaban J connectivity index is 2.51. The average Bonchev–Trinajstić information content (AvgIpc) is 2.92. The summed E-state index contributed by atoms with van der Waals surface area (Å²) in [6, 6.07) is 5.77. The quantitative estimate of drug-likeness (QED) is 0.0973. The standard InChI is InChI=1S/C37H63NO8S/c1-27(46-35(5,6)7)32(40)36(8,9)37(10,11)45-26-20-22-28(33(41)34(2,3)4)21-16-14-12-13-15-17-25-31(39)38-29-23-18-19-24-30(29)47(42,43)44/h18-19,23-24,27-28H,12-17,20-22,25-26H2,1-11H3,(H,38,39)(H,42,43,44). The fourth-order valence-corrected chi connectivity index (χ4v) is 6.28. The van der Waals surface area contributed by atoms with Crippen molar-refractivity contribution in [2.45, 2.75) is 163 Å². The fourth-order valence-electron chi connectivity index (χ4n) is 5.64. The molecule has 9 nitrogen and oxygen atoms in total. The molecule has 0 aliphatic carbocycles. The third-order valence-corrected chi connectivity index (χ3v) is 9.85. The molecule has 0 spiro atoms. The molecule has 270 valence electrons. The molecule has 0 aromatic heterocycles. The molecule has 2 unspecified atom stereocenters. The zero-order chi connectivity index (χ0) is 36.3. The zero-order valence-electron chi connectivity index (χ0n) is 31.0. The SMILES string of the molecule is CC(OC(C)(C)C)C(=O)C(C)(C)C(C)(C)OCCCC(CCCCCCCCC(=O)Nc1ccccc1S(=O)(=O)O)C(=O)C(C)(C)C. The Morgan fingerprint density at radius 2 is 1.32 bits per heavy atom. The normalized spacial score (nSPS) is 14.5. The molecule has 2 atom stereocenters. The van der Waals surface area contributed by atoms with Gasteiger partial charge in [-0.2, -0.15) is 8.42 Å². The molecule has 0 bridgehead atoms. The minimum atomic E-state index is -4.42. The highest BCUT2D eigenvalue weighted by Gasteiger charge is 2.46. The highest BCUT2D eigenvalue weighted by atomic mass is 32.2. The number of rotatable bonds is 21. The van der Waals surface area contributed by atoms with Crippen molar-refractivity contribution in [1.29, 1.82) is 0 Å². The summed E-state index contributed by atoms with van der Waals surface area (Å²) in [4.78, 5) is 38.6. The molecule has 2 N–H and O–H groups in total. The van der Waals surface area contributed by atoms with Gasteiger partial charge in [0.1, 0.15) is 16.8 Å². The summed E-state index contributed by atoms with van der Waals surface area (Å²) in [6.07, 6.45) is 7.43. The molecular weight excluding hydrogens is 618 g/mol. The second-order valence-electron chi connectivity index (χ2n) is 15.9. The van der Waals surface area contributed by atoms with Gasteiger partial charge in [-0.1, -0.05) is 78.9 Å². The number of hydrogen-bond donors (Lipinski definition) is 2. The van der Waals surface area contributed by atoms with E-state index in [1.807, 2.05) is 69.2 Å². The Morgan fingerprint density at radius 1 is 0.787 bits per heavy atom. The lowest BCUT2D eigenvalue weighted by Crippen LogP contribution is -2.51. The molecule has 0 fully saturated rings. The monoisotopic (exact) mass is 681 g/mol. The molecule has 0 heterocycles. The van der Waals surface area contributed by atoms with Gasteiger partial charge in [0.15, 0.2) is 5.78 Å². The van der Waals surface area contributed by atoms with Crippen LogP contribution < -0.4 is 5.32 Å². The highest BCUT2D eigenvalue weighted by Crippen LogP contribution is 2.37. The number of Topliss-reactive ketones (excluding diaryl/α,β-unsaturated/α-hetero) is 2. The first-order valence-electron chi connectivity index (χ1n) is 17.2. The van der Waals surface area contributed by atoms with Gasteiger partial charge in [-0.25, -0.2) is 0 Å². The smallest absolute Gasteiger partial charge is 0.296 e. The number of anilines is 1. The molecule has 1 amide bonds. The molecule has 47 heavy (non-hydrogen) atoms. The Kier molecular flexibility index (Phi) is 16.4. The lowest BCUT2D eigenvalue weighted by atomic mass is 9.72. The van der Waals surface area contributed by atoms with Crippen molar-refractivity contribution in [1.82, 2.24) is 0 Å². The molecule has 0 saturated heterocycles. The summed E-state index contributed by atoms with van der Waals surface area (Å²) < 4.78 is 44.6. The number of para-hydroxylation sites is 1. The highest BCUT2D eigenvalue weighted by molar-refractivity contribution is 7.86. The first kappa shape index (κ1) is 42.9. The number of nitrogens with one attached hydrogen (secondary N) is 1. The molecular formula is C37H63NO8S. The van der Waals surface area contributed by atoms with E-state index in [0.29, 0.717) is 13.0 Å². The van der Waals surface area contributed by atoms with E-state index in [-0.39, 0.29) is 40.4 Å². The third kappa shape index (κ3) is 14.9. The number of carbonyl (C=O) groups excluding carboxylic acids is 3. The van der Waals surface area contributed by atoms with Crippen LogP contribution in [0.25, 0.3) is 0 Å². The number of carbonyl (C=O) groups is 3. The van der Waals surface area contributed by atoms with Gasteiger partial charge in [-0.3, -0.25) is 18.9 Å². The topological polar surface area (TPSA) is 136 Å². The average molecular weight is 682 g/mol. The zero-order valence-corrected chi connectivity index (χ0v) is 31.8. The van der Waals surface area contributed by atoms with Gasteiger partial charge >= 0.3 is 0 Å². The van der Waals surface area contributed by atoms with Crippen molar-refractivity contribution in [3.05, 3.63) is 24.3 Å². The molecule has 1 aromatic rings. The molecule has 1 rings (SSSR count). The van der Waals surface area contributed by atoms with Crippen LogP contribution in [-0.4, -0.2) is 54.4 Å². The van der Waals surface area contributed by atoms with E-state index in [0.717, 1.165) is 51.4 Å². The second-order valence-corrected chi connectivity index (χ2v) is 17.2. The van der Waals surface area contributed by atoms with Crippen molar-refractivity contribution >= 4 is 33.3 Å². The summed E-state index contributed by atoms with van der Waals surface area (Å²) >= 11 is 0. The molecule has 0 aliphatic rings. The summed E-state index contributed by atoms with van der Waals surface area (Å²) in [5.41, 5.74) is -2.25. The van der Waals surface area contributed by atoms with Gasteiger partial charge in [0, 0.05) is 24.4 Å². The van der Waals surface area contributed by atoms with Crippen molar-refractivity contribution in [2.24, 2.45) is 16.7 Å². The molecule has 0 saturated carbocycles. The summed E-state index contributed by atoms with van der Waals surface area (Å²) in [5.74, 6) is -0.0768. The summed E-state index contributed by atoms with van der Waals surface area (Å²) in [6.45, 7) is 21.7. The Hall–Kier alpha value is -2.14. The van der Waals surface area contributed by atoms with Gasteiger partial charge in [0.2, 0.25) is 5.91 Å². The van der Waals surface area contributed by atoms with Crippen LogP contribution in [0, 0.1) is 16.7 Å². The summed E-state index contributed by atoms with van der Waals surface area (Å²) in [7, 11) is -4.42. The maximum Gasteiger partial charge on any atom is 0.296 e. The van der Waals surface area contributed by atoms with E-state index in [4.69, 9.17) is 9.47 Å². The number of hydrogen-bond acceptors (Lipinski definition) is 7. The predicted octanol–water partition coefficient (Wildman–Crippen LogP) is 8.60. The molecule has 0 radical (unpaired) electrons. The fraction of sp³-hybridized carbons (Fsp3) is 0.757. The maximum absolute atomic E-state index is 13.3. The van der Waals surface area contributed by atoms with Crippen LogP contribution in [0.15, 0.2) is 29.2 Å². The van der Waals surface area contributed by atoms with Crippen LogP contribution in [0.5, 0.6) is 0 Å². The number of ether oxygens (including phenoxy) is 2. The number of ketones is 2. The van der Waals surface area contributed by atoms with Crippen molar-refractivity contribution in [3.63, 3.8) is 0 Å². The number of benzene rings is 1. The van der Waals surface area contributed by atoms with Crippen LogP contribution in [0.3, 0.4) is 0 Å². The third-order valence-electron chi connectivity index (χ3n) is 8.94. The number of unbranched alkanes of at least 4 members (excludes halogenated alkanes) is 5. The van der Waals surface area contributed by atoms with Crippen LogP contribution in [0.2, 0.25) is 0 Å².